The first-order valence-corrected chi connectivity index (χ1v) is 14.7. The van der Waals surface area contributed by atoms with Crippen molar-refractivity contribution in [1.29, 1.82) is 0 Å². The van der Waals surface area contributed by atoms with Crippen LogP contribution in [0.25, 0.3) is 0 Å². The molecule has 0 N–H and O–H groups in total. The molecule has 3 heterocycles. The van der Waals surface area contributed by atoms with E-state index in [4.69, 9.17) is 4.74 Å². The van der Waals surface area contributed by atoms with Gasteiger partial charge in [0.25, 0.3) is 0 Å². The molecule has 7 nitrogen and oxygen atoms in total. The first-order chi connectivity index (χ1) is 16.3. The molecule has 3 fully saturated rings. The zero-order valence-electron chi connectivity index (χ0n) is 20.9. The first-order valence-electron chi connectivity index (χ1n) is 13.2. The van der Waals surface area contributed by atoms with Crippen molar-refractivity contribution >= 4 is 15.9 Å². The third-order valence-corrected chi connectivity index (χ3v) is 10.2. The van der Waals surface area contributed by atoms with Gasteiger partial charge in [-0.3, -0.25) is 9.78 Å². The minimum absolute atomic E-state index is 0.00405. The van der Waals surface area contributed by atoms with Crippen LogP contribution in [0.1, 0.15) is 81.2 Å². The summed E-state index contributed by atoms with van der Waals surface area (Å²) in [5, 5.41) is -0.243. The van der Waals surface area contributed by atoms with Crippen LogP contribution in [-0.2, 0) is 26.0 Å². The molecule has 4 rings (SSSR count). The molecule has 1 amide bonds. The smallest absolute Gasteiger partial charge is 0.248 e. The van der Waals surface area contributed by atoms with E-state index in [1.165, 1.54) is 5.56 Å². The van der Waals surface area contributed by atoms with Gasteiger partial charge in [0.1, 0.15) is 6.61 Å². The Morgan fingerprint density at radius 3 is 2.47 bits per heavy atom. The van der Waals surface area contributed by atoms with Gasteiger partial charge in [-0.05, 0) is 70.1 Å². The lowest BCUT2D eigenvalue weighted by molar-refractivity contribution is -0.137. The number of hydrogen-bond acceptors (Lipinski definition) is 5. The summed E-state index contributed by atoms with van der Waals surface area (Å²) in [7, 11) is -3.30. The van der Waals surface area contributed by atoms with E-state index in [0.29, 0.717) is 13.2 Å². The summed E-state index contributed by atoms with van der Waals surface area (Å²) in [6.07, 6.45) is 10.2. The summed E-state index contributed by atoms with van der Waals surface area (Å²) >= 11 is 0. The summed E-state index contributed by atoms with van der Waals surface area (Å²) in [5.41, 5.74) is 3.24. The minimum Gasteiger partial charge on any atom is -0.370 e. The van der Waals surface area contributed by atoms with Crippen LogP contribution < -0.4 is 0 Å². The molecule has 1 aliphatic carbocycles. The standard InChI is InChI=1S/C26H41N3O4S/c1-20-15-21(2)27-22(16-20)17-23-10-8-13-28(23)26(30)19-33-18-24-9-6-7-14-29(24)34(31,32)25-11-4-3-5-12-25/h15-16,23-25H,3-14,17-19H2,1-2H3. The van der Waals surface area contributed by atoms with Gasteiger partial charge in [-0.15, -0.1) is 0 Å². The van der Waals surface area contributed by atoms with Gasteiger partial charge in [0.05, 0.1) is 11.9 Å². The third kappa shape index (κ3) is 6.18. The maximum atomic E-state index is 13.3. The SMILES string of the molecule is Cc1cc(C)nc(CC2CCCN2C(=O)COCC2CCCCN2S(=O)(=O)C2CCCCC2)c1. The van der Waals surface area contributed by atoms with Crippen molar-refractivity contribution in [1.82, 2.24) is 14.2 Å². The average molecular weight is 492 g/mol. The van der Waals surface area contributed by atoms with Crippen LogP contribution in [0.3, 0.4) is 0 Å². The Bertz CT molecular complexity index is 925. The van der Waals surface area contributed by atoms with E-state index in [-0.39, 0.29) is 29.8 Å². The van der Waals surface area contributed by atoms with Gasteiger partial charge in [0.15, 0.2) is 0 Å². The molecule has 190 valence electrons. The van der Waals surface area contributed by atoms with E-state index in [2.05, 4.69) is 24.0 Å². The Labute approximate surface area is 205 Å². The number of aryl methyl sites for hydroxylation is 2. The molecule has 2 unspecified atom stereocenters. The molecule has 1 aromatic heterocycles. The van der Waals surface area contributed by atoms with Crippen molar-refractivity contribution in [2.75, 3.05) is 26.3 Å². The number of pyridine rings is 1. The van der Waals surface area contributed by atoms with E-state index in [0.717, 1.165) is 88.6 Å². The number of ether oxygens (including phenoxy) is 1. The fourth-order valence-electron chi connectivity index (χ4n) is 6.04. The maximum absolute atomic E-state index is 13.3. The second kappa shape index (κ2) is 11.5. The van der Waals surface area contributed by atoms with Gasteiger partial charge in [-0.1, -0.05) is 25.7 Å². The Hall–Kier alpha value is -1.51. The molecule has 0 radical (unpaired) electrons. The largest absolute Gasteiger partial charge is 0.370 e. The first kappa shape index (κ1) is 25.6. The second-order valence-electron chi connectivity index (χ2n) is 10.4. The lowest BCUT2D eigenvalue weighted by atomic mass is 10.0. The van der Waals surface area contributed by atoms with Crippen molar-refractivity contribution < 1.29 is 17.9 Å². The average Bonchev–Trinajstić information content (AvgIpc) is 3.27. The van der Waals surface area contributed by atoms with Crippen molar-refractivity contribution in [2.45, 2.75) is 102 Å². The van der Waals surface area contributed by atoms with E-state index < -0.39 is 10.0 Å². The van der Waals surface area contributed by atoms with Crippen LogP contribution in [0.4, 0.5) is 0 Å². The van der Waals surface area contributed by atoms with E-state index in [1.807, 2.05) is 11.8 Å². The fourth-order valence-corrected chi connectivity index (χ4v) is 8.32. The number of nitrogens with zero attached hydrogens (tertiary/aromatic N) is 3. The summed E-state index contributed by atoms with van der Waals surface area (Å²) in [4.78, 5) is 19.6. The number of hydrogen-bond donors (Lipinski definition) is 0. The van der Waals surface area contributed by atoms with Crippen LogP contribution in [0.2, 0.25) is 0 Å². The number of rotatable bonds is 8. The second-order valence-corrected chi connectivity index (χ2v) is 12.6. The molecule has 2 aliphatic heterocycles. The molecular formula is C26H41N3O4S. The zero-order valence-corrected chi connectivity index (χ0v) is 21.7. The van der Waals surface area contributed by atoms with E-state index >= 15 is 0 Å². The minimum atomic E-state index is -3.30. The molecular weight excluding hydrogens is 450 g/mol. The molecule has 1 saturated carbocycles. The van der Waals surface area contributed by atoms with Crippen LogP contribution in [0.15, 0.2) is 12.1 Å². The molecule has 1 aromatic rings. The predicted octanol–water partition coefficient (Wildman–Crippen LogP) is 3.77. The molecule has 0 spiro atoms. The Balaban J connectivity index is 1.31. The summed E-state index contributed by atoms with van der Waals surface area (Å²) in [6.45, 7) is 5.73. The van der Waals surface area contributed by atoms with Crippen LogP contribution >= 0.6 is 0 Å². The number of piperidine rings is 1. The normalized spacial score (nSPS) is 25.1. The Morgan fingerprint density at radius 1 is 0.971 bits per heavy atom. The number of aromatic nitrogens is 1. The number of sulfonamides is 1. The highest BCUT2D eigenvalue weighted by atomic mass is 32.2. The molecule has 3 aliphatic rings. The van der Waals surface area contributed by atoms with Gasteiger partial charge < -0.3 is 9.64 Å². The summed E-state index contributed by atoms with van der Waals surface area (Å²) < 4.78 is 34.2. The topological polar surface area (TPSA) is 79.8 Å². The van der Waals surface area contributed by atoms with Crippen molar-refractivity contribution in [2.24, 2.45) is 0 Å². The molecule has 8 heteroatoms. The lowest BCUT2D eigenvalue weighted by Crippen LogP contribution is -2.50. The molecule has 34 heavy (non-hydrogen) atoms. The predicted molar refractivity (Wildman–Crippen MR) is 133 cm³/mol. The Kier molecular flexibility index (Phi) is 8.64. The number of carbonyl (C=O) groups is 1. The zero-order chi connectivity index (χ0) is 24.1. The third-order valence-electron chi connectivity index (χ3n) is 7.70. The monoisotopic (exact) mass is 491 g/mol. The maximum Gasteiger partial charge on any atom is 0.248 e. The van der Waals surface area contributed by atoms with E-state index in [1.54, 1.807) is 4.31 Å². The highest BCUT2D eigenvalue weighted by Crippen LogP contribution is 2.30. The van der Waals surface area contributed by atoms with Crippen LogP contribution in [-0.4, -0.2) is 72.2 Å². The number of likely N-dealkylation sites (tertiary alicyclic amines) is 1. The quantitative estimate of drug-likeness (QED) is 0.553. The molecule has 2 saturated heterocycles. The number of carbonyl (C=O) groups excluding carboxylic acids is 1. The van der Waals surface area contributed by atoms with Crippen molar-refractivity contribution in [3.63, 3.8) is 0 Å². The highest BCUT2D eigenvalue weighted by Gasteiger charge is 2.38. The van der Waals surface area contributed by atoms with E-state index in [9.17, 15) is 13.2 Å². The highest BCUT2D eigenvalue weighted by molar-refractivity contribution is 7.89. The van der Waals surface area contributed by atoms with Crippen LogP contribution in [0, 0.1) is 13.8 Å². The molecule has 2 atom stereocenters. The van der Waals surface area contributed by atoms with Crippen molar-refractivity contribution in [3.8, 4) is 0 Å². The fraction of sp³-hybridized carbons (Fsp3) is 0.769. The van der Waals surface area contributed by atoms with Crippen LogP contribution in [0.5, 0.6) is 0 Å². The van der Waals surface area contributed by atoms with Gasteiger partial charge in [-0.2, -0.15) is 4.31 Å². The van der Waals surface area contributed by atoms with Gasteiger partial charge in [0.2, 0.25) is 15.9 Å². The number of amides is 1. The molecule has 0 bridgehead atoms. The van der Waals surface area contributed by atoms with Gasteiger partial charge in [-0.25, -0.2) is 8.42 Å². The molecule has 0 aromatic carbocycles. The van der Waals surface area contributed by atoms with Gasteiger partial charge >= 0.3 is 0 Å². The summed E-state index contributed by atoms with van der Waals surface area (Å²) in [6, 6.07) is 4.18. The van der Waals surface area contributed by atoms with Gasteiger partial charge in [0, 0.05) is 43.0 Å². The lowest BCUT2D eigenvalue weighted by Gasteiger charge is -2.37. The Morgan fingerprint density at radius 2 is 1.71 bits per heavy atom. The summed E-state index contributed by atoms with van der Waals surface area (Å²) in [5.74, 6) is 0.00405. The van der Waals surface area contributed by atoms with Crippen molar-refractivity contribution in [3.05, 3.63) is 29.1 Å².